The Morgan fingerprint density at radius 2 is 0.764 bits per heavy atom. The third-order valence-electron chi connectivity index (χ3n) is 22.6. The Kier molecular flexibility index (Phi) is 29.6. The van der Waals surface area contributed by atoms with Crippen LogP contribution in [0.3, 0.4) is 0 Å². The van der Waals surface area contributed by atoms with E-state index in [1.54, 1.807) is 52.3 Å². The maximum absolute atomic E-state index is 13.3. The Morgan fingerprint density at radius 3 is 1.11 bits per heavy atom. The van der Waals surface area contributed by atoms with Gasteiger partial charge in [-0.05, 0) is 123 Å². The van der Waals surface area contributed by atoms with E-state index in [9.17, 15) is 67.1 Å². The second-order valence-corrected chi connectivity index (χ2v) is 30.6. The van der Waals surface area contributed by atoms with Crippen LogP contribution >= 0.6 is 0 Å². The van der Waals surface area contributed by atoms with E-state index in [2.05, 4.69) is 41.7 Å². The van der Waals surface area contributed by atoms with Crippen molar-refractivity contribution in [2.24, 2.45) is 10.2 Å². The Morgan fingerprint density at radius 1 is 0.417 bits per heavy atom. The molecule has 0 bridgehead atoms. The summed E-state index contributed by atoms with van der Waals surface area (Å²) in [4.78, 5) is 187. The second-order valence-electron chi connectivity index (χ2n) is 30.6. The van der Waals surface area contributed by atoms with Gasteiger partial charge in [-0.3, -0.25) is 78.0 Å². The van der Waals surface area contributed by atoms with Crippen molar-refractivity contribution in [2.75, 3.05) is 181 Å². The fourth-order valence-electron chi connectivity index (χ4n) is 16.1. The molecule has 39 heteroatoms. The fourth-order valence-corrected chi connectivity index (χ4v) is 16.1. The third-order valence-corrected chi connectivity index (χ3v) is 22.6. The number of benzene rings is 6. The van der Waals surface area contributed by atoms with E-state index >= 15 is 0 Å². The molecule has 39 nitrogen and oxygen atoms in total. The lowest BCUT2D eigenvalue weighted by atomic mass is 9.94. The van der Waals surface area contributed by atoms with Crippen molar-refractivity contribution in [3.63, 3.8) is 0 Å². The van der Waals surface area contributed by atoms with Gasteiger partial charge in [0.15, 0.2) is 23.0 Å². The number of imide groups is 4. The number of hydrazone groups is 2. The molecule has 6 aromatic rings. The van der Waals surface area contributed by atoms with Gasteiger partial charge in [0.25, 0.3) is 23.6 Å². The summed E-state index contributed by atoms with van der Waals surface area (Å²) in [5.74, 6) is -4.39. The Labute approximate surface area is 730 Å². The summed E-state index contributed by atoms with van der Waals surface area (Å²) in [5, 5.41) is 27.5. The summed E-state index contributed by atoms with van der Waals surface area (Å²) < 4.78 is 49.8. The van der Waals surface area contributed by atoms with E-state index in [4.69, 9.17) is 52.8 Å². The number of hydrogen-bond acceptors (Lipinski definition) is 27. The highest BCUT2D eigenvalue weighted by molar-refractivity contribution is 6.27. The molecule has 4 atom stereocenters. The monoisotopic (exact) mass is 1750 g/mol. The number of carbonyl (C=O) groups is 14. The molecule has 0 aromatic heterocycles. The van der Waals surface area contributed by atoms with Crippen LogP contribution in [0, 0.1) is 0 Å². The quantitative estimate of drug-likeness (QED) is 0.0289. The van der Waals surface area contributed by atoms with Gasteiger partial charge in [-0.1, -0.05) is 36.4 Å². The number of hydrogen-bond donors (Lipinski definition) is 6. The summed E-state index contributed by atoms with van der Waals surface area (Å²) in [6, 6.07) is 29.1. The average Bonchev–Trinajstić information content (AvgIpc) is 1.62. The van der Waals surface area contributed by atoms with Crippen LogP contribution < -0.4 is 60.6 Å². The lowest BCUT2D eigenvalue weighted by Gasteiger charge is -2.36. The number of amides is 16. The average molecular weight is 1750 g/mol. The molecular weight excluding hydrogens is 1650 g/mol. The molecule has 0 saturated carbocycles. The number of piperazine rings is 2. The molecule has 6 N–H and O–H groups in total. The number of anilines is 4. The first-order chi connectivity index (χ1) is 61.3. The molecule has 4 saturated heterocycles. The van der Waals surface area contributed by atoms with Crippen LogP contribution in [0.1, 0.15) is 114 Å². The van der Waals surface area contributed by atoms with Gasteiger partial charge < -0.3 is 83.5 Å². The normalized spacial score (nSPS) is 18.5. The van der Waals surface area contributed by atoms with Gasteiger partial charge in [0.1, 0.15) is 38.5 Å². The van der Waals surface area contributed by atoms with Crippen molar-refractivity contribution in [3.8, 4) is 23.0 Å². The molecule has 16 amide bonds. The predicted octanol–water partition coefficient (Wildman–Crippen LogP) is 3.54. The van der Waals surface area contributed by atoms with Crippen LogP contribution in [0.2, 0.25) is 0 Å². The first kappa shape index (κ1) is 91.0. The SMILES string of the molecule is CNC(=O)N1N=C(c2ccc(N3CCN(C(=O)COCCOCC(=O)Nc4cccc5c4C(=O)N(C4CCC(=O)NC4=O)C5=O)CC3)cc2)c2cc(OC)c(OC)cc2C[C@@H]1C.CNC(=O)N1N=C(c2ccc(N3CCN(C(=O)COCCOCCOCC(=O)Nc4cccc5c4C(=O)N(C4CCC(=O)NC4=O)C5=O)CC3)cc2)c2cc(OC)c(OC)cc2C[C@@H]1C. The molecule has 127 heavy (non-hydrogen) atoms. The van der Waals surface area contributed by atoms with Crippen molar-refractivity contribution in [1.29, 1.82) is 0 Å². The topological polar surface area (TPSA) is 445 Å². The molecule has 670 valence electrons. The number of piperidine rings is 2. The van der Waals surface area contributed by atoms with Crippen molar-refractivity contribution in [2.45, 2.75) is 76.5 Å². The number of nitrogens with zero attached hydrogens (tertiary/aromatic N) is 10. The molecule has 2 unspecified atom stereocenters. The fraction of sp³-hybridized carbons (Fsp3) is 0.409. The maximum Gasteiger partial charge on any atom is 0.337 e. The summed E-state index contributed by atoms with van der Waals surface area (Å²) in [6.45, 7) is 8.06. The number of rotatable bonds is 29. The number of fused-ring (bicyclic) bond motifs is 4. The van der Waals surface area contributed by atoms with E-state index in [0.717, 1.165) is 54.6 Å². The minimum Gasteiger partial charge on any atom is -0.493 e. The number of urea groups is 2. The third kappa shape index (κ3) is 20.6. The van der Waals surface area contributed by atoms with Gasteiger partial charge >= 0.3 is 12.1 Å². The Bertz CT molecular complexity index is 5320. The molecule has 8 aliphatic rings. The predicted molar refractivity (Wildman–Crippen MR) is 457 cm³/mol. The lowest BCUT2D eigenvalue weighted by Crippen LogP contribution is -2.54. The number of ether oxygens (including phenoxy) is 9. The standard InChI is InChI=1S/C45H52N8O12.C43H48N8O11/c1-27-22-29-23-35(61-3)36(62-4)24-32(29)41(49-53(27)45(60)46-2)28-8-10-30(11-9-28)50-14-16-51(17-15-50)39(56)26-65-21-19-63-18-20-64-25-38(55)47-33-7-5-6-31-40(33)44(59)52(43(31)58)34-12-13-37(54)48-42(34)57;1-25-20-27-21-33(59-3)34(60-4)22-30(27)39(47-51(25)43(58)44-2)26-8-10-28(11-9-26)48-14-16-49(17-15-48)37(54)24-62-19-18-61-23-36(53)45-31-7-5-6-29-38(31)42(57)50(41(29)56)32-12-13-35(52)46-40(32)55/h5-11,23-24,27,34H,12-22,25-26H2,1-4H3,(H,46,60)(H,47,55)(H,48,54,57);5-11,21-22,25,32H,12-20,23-24H2,1-4H3,(H,44,58)(H,45,53)(H,46,52,55)/t27-,34?;25-,32?/m00/s1. The summed E-state index contributed by atoms with van der Waals surface area (Å²) in [5.41, 5.74) is 8.69. The van der Waals surface area contributed by atoms with Gasteiger partial charge in [-0.2, -0.15) is 10.2 Å². The number of methoxy groups -OCH3 is 4. The van der Waals surface area contributed by atoms with E-state index in [1.165, 1.54) is 46.4 Å². The molecule has 14 rings (SSSR count). The smallest absolute Gasteiger partial charge is 0.337 e. The van der Waals surface area contributed by atoms with Gasteiger partial charge in [0.2, 0.25) is 47.3 Å². The van der Waals surface area contributed by atoms with Crippen molar-refractivity contribution in [3.05, 3.63) is 165 Å². The highest BCUT2D eigenvalue weighted by Crippen LogP contribution is 2.40. The highest BCUT2D eigenvalue weighted by Gasteiger charge is 2.48. The molecule has 8 heterocycles. The van der Waals surface area contributed by atoms with Gasteiger partial charge in [-0.15, -0.1) is 0 Å². The minimum absolute atomic E-state index is 0.00708. The van der Waals surface area contributed by atoms with E-state index in [-0.39, 0.29) is 161 Å². The summed E-state index contributed by atoms with van der Waals surface area (Å²) >= 11 is 0. The second kappa shape index (κ2) is 41.4. The summed E-state index contributed by atoms with van der Waals surface area (Å²) in [6.07, 6.45) is 1.13. The first-order valence-corrected chi connectivity index (χ1v) is 41.5. The van der Waals surface area contributed by atoms with E-state index in [0.29, 0.717) is 99.6 Å². The van der Waals surface area contributed by atoms with E-state index in [1.807, 2.05) is 86.6 Å². The van der Waals surface area contributed by atoms with Crippen LogP contribution in [-0.4, -0.2) is 309 Å². The van der Waals surface area contributed by atoms with Gasteiger partial charge in [0, 0.05) is 113 Å². The van der Waals surface area contributed by atoms with Crippen molar-refractivity contribution < 1.29 is 110 Å². The van der Waals surface area contributed by atoms with Gasteiger partial charge in [-0.25, -0.2) is 19.6 Å². The number of carbonyl (C=O) groups excluding carboxylic acids is 14. The van der Waals surface area contributed by atoms with Crippen LogP contribution in [0.15, 0.2) is 119 Å². The van der Waals surface area contributed by atoms with E-state index < -0.39 is 71.2 Å². The molecular formula is C88H100N16O23. The van der Waals surface area contributed by atoms with Crippen LogP contribution in [-0.2, 0) is 74.9 Å². The Hall–Kier alpha value is -13.8. The molecule has 0 radical (unpaired) electrons. The lowest BCUT2D eigenvalue weighted by molar-refractivity contribution is -0.137. The minimum atomic E-state index is -1.13. The van der Waals surface area contributed by atoms with Gasteiger partial charge in [0.05, 0.1) is 125 Å². The molecule has 6 aromatic carbocycles. The van der Waals surface area contributed by atoms with Crippen LogP contribution in [0.5, 0.6) is 23.0 Å². The molecule has 0 spiro atoms. The number of nitrogens with one attached hydrogen (secondary N) is 6. The first-order valence-electron chi connectivity index (χ1n) is 41.5. The Balaban J connectivity index is 0.000000218. The zero-order chi connectivity index (χ0) is 90.3. The largest absolute Gasteiger partial charge is 0.493 e. The zero-order valence-electron chi connectivity index (χ0n) is 71.5. The van der Waals surface area contributed by atoms with Crippen molar-refractivity contribution >= 4 is 117 Å². The highest BCUT2D eigenvalue weighted by atomic mass is 16.6. The summed E-state index contributed by atoms with van der Waals surface area (Å²) in [7, 11) is 9.49. The molecule has 8 aliphatic heterocycles. The van der Waals surface area contributed by atoms with Crippen LogP contribution in [0.4, 0.5) is 32.3 Å². The molecule has 0 aliphatic carbocycles. The van der Waals surface area contributed by atoms with Crippen LogP contribution in [0.25, 0.3) is 0 Å². The zero-order valence-corrected chi connectivity index (χ0v) is 71.5. The maximum atomic E-state index is 13.3. The molecule has 4 fully saturated rings. The van der Waals surface area contributed by atoms with Crippen molar-refractivity contribution in [1.82, 2.24) is 50.9 Å².